The Bertz CT molecular complexity index is 80.1. The van der Waals surface area contributed by atoms with Crippen molar-refractivity contribution in [1.82, 2.24) is 0 Å². The molecule has 0 spiro atoms. The first-order chi connectivity index (χ1) is 4.66. The standard InChI is InChI=1S/C6H19NOSi2/c1-9(2)8-10(3)6-4-5-7/h9-10H,4-7H2,1-3H3. The number of nitrogens with two attached hydrogens (primary N) is 1. The van der Waals surface area contributed by atoms with Crippen LogP contribution in [0.5, 0.6) is 0 Å². The van der Waals surface area contributed by atoms with E-state index in [0.717, 1.165) is 13.0 Å². The number of hydrogen-bond donors (Lipinski definition) is 1. The molecule has 0 aliphatic carbocycles. The van der Waals surface area contributed by atoms with Crippen molar-refractivity contribution < 1.29 is 4.12 Å². The molecule has 10 heavy (non-hydrogen) atoms. The molecular formula is C6H19NOSi2. The molecule has 1 unspecified atom stereocenters. The van der Waals surface area contributed by atoms with Gasteiger partial charge < -0.3 is 9.85 Å². The van der Waals surface area contributed by atoms with Crippen molar-refractivity contribution >= 4 is 18.1 Å². The van der Waals surface area contributed by atoms with E-state index in [4.69, 9.17) is 9.85 Å². The molecule has 4 heteroatoms. The van der Waals surface area contributed by atoms with Gasteiger partial charge in [0.2, 0.25) is 0 Å². The summed E-state index contributed by atoms with van der Waals surface area (Å²) in [6, 6.07) is 1.25. The maximum absolute atomic E-state index is 5.77. The van der Waals surface area contributed by atoms with Gasteiger partial charge in [-0.05, 0) is 38.7 Å². The molecule has 0 aliphatic heterocycles. The molecule has 0 fully saturated rings. The van der Waals surface area contributed by atoms with Gasteiger partial charge in [0.15, 0.2) is 18.1 Å². The molecule has 62 valence electrons. The third-order valence-electron chi connectivity index (χ3n) is 1.32. The summed E-state index contributed by atoms with van der Waals surface area (Å²) in [6.45, 7) is 7.54. The molecule has 0 aliphatic rings. The highest BCUT2D eigenvalue weighted by Crippen LogP contribution is 1.99. The predicted octanol–water partition coefficient (Wildman–Crippen LogP) is 0.689. The molecule has 1 atom stereocenters. The van der Waals surface area contributed by atoms with Gasteiger partial charge in [0.25, 0.3) is 0 Å². The van der Waals surface area contributed by atoms with E-state index in [-0.39, 0.29) is 0 Å². The molecule has 0 heterocycles. The fourth-order valence-electron chi connectivity index (χ4n) is 0.938. The fourth-order valence-corrected chi connectivity index (χ4v) is 6.01. The van der Waals surface area contributed by atoms with Crippen molar-refractivity contribution in [2.45, 2.75) is 32.1 Å². The van der Waals surface area contributed by atoms with Gasteiger partial charge in [-0.3, -0.25) is 0 Å². The summed E-state index contributed by atoms with van der Waals surface area (Å²) in [7, 11) is -1.55. The van der Waals surface area contributed by atoms with E-state index in [0.29, 0.717) is 0 Å². The average Bonchev–Trinajstić information content (AvgIpc) is 1.82. The lowest BCUT2D eigenvalue weighted by Gasteiger charge is -2.13. The van der Waals surface area contributed by atoms with Crippen LogP contribution in [0.25, 0.3) is 0 Å². The Labute approximate surface area is 67.2 Å². The van der Waals surface area contributed by atoms with E-state index in [2.05, 4.69) is 19.6 Å². The van der Waals surface area contributed by atoms with E-state index in [1.165, 1.54) is 6.04 Å². The molecule has 0 amide bonds. The minimum absolute atomic E-state index is 0.750. The molecule has 0 rings (SSSR count). The second kappa shape index (κ2) is 6.09. The summed E-state index contributed by atoms with van der Waals surface area (Å²) >= 11 is 0. The highest BCUT2D eigenvalue weighted by molar-refractivity contribution is 6.63. The van der Waals surface area contributed by atoms with E-state index >= 15 is 0 Å². The van der Waals surface area contributed by atoms with Crippen molar-refractivity contribution in [3.05, 3.63) is 0 Å². The van der Waals surface area contributed by atoms with Gasteiger partial charge in [-0.15, -0.1) is 0 Å². The molecule has 2 nitrogen and oxygen atoms in total. The summed E-state index contributed by atoms with van der Waals surface area (Å²) in [6.07, 6.45) is 1.15. The third kappa shape index (κ3) is 6.47. The Morgan fingerprint density at radius 2 is 1.90 bits per heavy atom. The van der Waals surface area contributed by atoms with Gasteiger partial charge in [-0.2, -0.15) is 0 Å². The Kier molecular flexibility index (Phi) is 6.30. The molecule has 0 bridgehead atoms. The van der Waals surface area contributed by atoms with Gasteiger partial charge in [0, 0.05) is 0 Å². The van der Waals surface area contributed by atoms with Gasteiger partial charge in [-0.1, -0.05) is 0 Å². The molecular weight excluding hydrogens is 158 g/mol. The minimum atomic E-state index is -0.796. The average molecular weight is 177 g/mol. The van der Waals surface area contributed by atoms with Crippen LogP contribution >= 0.6 is 0 Å². The van der Waals surface area contributed by atoms with Crippen molar-refractivity contribution in [3.63, 3.8) is 0 Å². The molecule has 0 saturated heterocycles. The van der Waals surface area contributed by atoms with Crippen LogP contribution in [0, 0.1) is 0 Å². The number of hydrogen-bond acceptors (Lipinski definition) is 2. The molecule has 0 radical (unpaired) electrons. The quantitative estimate of drug-likeness (QED) is 0.627. The molecule has 0 saturated carbocycles. The van der Waals surface area contributed by atoms with Crippen LogP contribution in [-0.2, 0) is 4.12 Å². The lowest BCUT2D eigenvalue weighted by Crippen LogP contribution is -2.22. The first-order valence-electron chi connectivity index (χ1n) is 4.02. The smallest absolute Gasteiger partial charge is 0.159 e. The maximum Gasteiger partial charge on any atom is 0.159 e. The topological polar surface area (TPSA) is 35.2 Å². The Balaban J connectivity index is 3.16. The Hall–Kier alpha value is 0.354. The normalized spacial score (nSPS) is 14.1. The third-order valence-corrected chi connectivity index (χ3v) is 6.58. The molecule has 0 aromatic carbocycles. The Morgan fingerprint density at radius 3 is 2.30 bits per heavy atom. The summed E-state index contributed by atoms with van der Waals surface area (Å²) in [5.74, 6) is 0. The molecule has 0 aromatic heterocycles. The van der Waals surface area contributed by atoms with Crippen LogP contribution in [0.3, 0.4) is 0 Å². The van der Waals surface area contributed by atoms with Crippen LogP contribution in [0.15, 0.2) is 0 Å². The van der Waals surface area contributed by atoms with E-state index < -0.39 is 18.1 Å². The largest absolute Gasteiger partial charge is 0.461 e. The lowest BCUT2D eigenvalue weighted by molar-refractivity contribution is 0.593. The lowest BCUT2D eigenvalue weighted by atomic mass is 10.5. The van der Waals surface area contributed by atoms with Gasteiger partial charge >= 0.3 is 0 Å². The van der Waals surface area contributed by atoms with Crippen LogP contribution in [0.2, 0.25) is 25.7 Å². The van der Waals surface area contributed by atoms with Crippen molar-refractivity contribution in [1.29, 1.82) is 0 Å². The van der Waals surface area contributed by atoms with Crippen LogP contribution in [0.1, 0.15) is 6.42 Å². The first kappa shape index (κ1) is 10.4. The Morgan fingerprint density at radius 1 is 1.30 bits per heavy atom. The second-order valence-electron chi connectivity index (χ2n) is 2.93. The van der Waals surface area contributed by atoms with Gasteiger partial charge in [-0.25, -0.2) is 0 Å². The predicted molar refractivity (Wildman–Crippen MR) is 51.5 cm³/mol. The van der Waals surface area contributed by atoms with E-state index in [9.17, 15) is 0 Å². The highest BCUT2D eigenvalue weighted by Gasteiger charge is 2.05. The summed E-state index contributed by atoms with van der Waals surface area (Å²) in [5.41, 5.74) is 5.39. The SMILES string of the molecule is C[SiH](C)O[SiH](C)CCCN. The zero-order chi connectivity index (χ0) is 7.98. The maximum atomic E-state index is 5.77. The fraction of sp³-hybridized carbons (Fsp3) is 1.00. The van der Waals surface area contributed by atoms with Crippen molar-refractivity contribution in [2.24, 2.45) is 5.73 Å². The first-order valence-corrected chi connectivity index (χ1v) is 9.24. The summed E-state index contributed by atoms with van der Waals surface area (Å²) < 4.78 is 5.77. The van der Waals surface area contributed by atoms with Crippen molar-refractivity contribution in [3.8, 4) is 0 Å². The van der Waals surface area contributed by atoms with Crippen molar-refractivity contribution in [2.75, 3.05) is 6.54 Å². The monoisotopic (exact) mass is 177 g/mol. The molecule has 0 aromatic rings. The zero-order valence-electron chi connectivity index (χ0n) is 7.26. The molecule has 2 N–H and O–H groups in total. The van der Waals surface area contributed by atoms with E-state index in [1.807, 2.05) is 0 Å². The van der Waals surface area contributed by atoms with Crippen LogP contribution in [-0.4, -0.2) is 24.6 Å². The minimum Gasteiger partial charge on any atom is -0.461 e. The van der Waals surface area contributed by atoms with Gasteiger partial charge in [0.05, 0.1) is 0 Å². The van der Waals surface area contributed by atoms with E-state index in [1.54, 1.807) is 0 Å². The van der Waals surface area contributed by atoms with Crippen LogP contribution < -0.4 is 5.73 Å². The highest BCUT2D eigenvalue weighted by atomic mass is 28.4. The van der Waals surface area contributed by atoms with Crippen LogP contribution in [0.4, 0.5) is 0 Å². The second-order valence-corrected chi connectivity index (χ2v) is 8.31. The summed E-state index contributed by atoms with van der Waals surface area (Å²) in [5, 5.41) is 0. The zero-order valence-corrected chi connectivity index (χ0v) is 9.57. The summed E-state index contributed by atoms with van der Waals surface area (Å²) in [4.78, 5) is 0. The van der Waals surface area contributed by atoms with Gasteiger partial charge in [0.1, 0.15) is 0 Å². The number of rotatable bonds is 5.